The molecule has 0 aliphatic heterocycles. The number of hydrogen-bond donors (Lipinski definition) is 1. The normalized spacial score (nSPS) is 13.2. The van der Waals surface area contributed by atoms with Gasteiger partial charge in [-0.05, 0) is 44.7 Å². The van der Waals surface area contributed by atoms with Crippen molar-refractivity contribution in [3.05, 3.63) is 22.5 Å². The average molecular weight is 305 g/mol. The maximum Gasteiger partial charge on any atom is 0.127 e. The monoisotopic (exact) mass is 305 g/mol. The van der Waals surface area contributed by atoms with E-state index >= 15 is 0 Å². The summed E-state index contributed by atoms with van der Waals surface area (Å²) in [6.07, 6.45) is 5.07. The molecule has 0 fully saturated rings. The van der Waals surface area contributed by atoms with Crippen LogP contribution < -0.4 is 5.32 Å². The summed E-state index contributed by atoms with van der Waals surface area (Å²) >= 11 is 1.78. The van der Waals surface area contributed by atoms with Gasteiger partial charge in [-0.2, -0.15) is 0 Å². The van der Waals surface area contributed by atoms with Gasteiger partial charge in [0.2, 0.25) is 0 Å². The van der Waals surface area contributed by atoms with E-state index in [-0.39, 0.29) is 0 Å². The lowest BCUT2D eigenvalue weighted by atomic mass is 9.98. The molecule has 2 rings (SSSR count). The van der Waals surface area contributed by atoms with E-state index in [0.717, 1.165) is 17.8 Å². The molecule has 0 radical (unpaired) electrons. The fourth-order valence-corrected chi connectivity index (χ4v) is 3.82. The third-order valence-corrected chi connectivity index (χ3v) is 5.04. The molecular formula is C17H27N3S. The van der Waals surface area contributed by atoms with Crippen molar-refractivity contribution in [1.29, 1.82) is 0 Å². The van der Waals surface area contributed by atoms with Crippen molar-refractivity contribution in [1.82, 2.24) is 15.3 Å². The van der Waals surface area contributed by atoms with Crippen LogP contribution in [-0.4, -0.2) is 22.6 Å². The lowest BCUT2D eigenvalue weighted by Gasteiger charge is -2.20. The topological polar surface area (TPSA) is 37.8 Å². The van der Waals surface area contributed by atoms with E-state index < -0.39 is 0 Å². The van der Waals surface area contributed by atoms with Gasteiger partial charge in [0.05, 0.1) is 5.69 Å². The number of fused-ring (bicyclic) bond motifs is 1. The Morgan fingerprint density at radius 2 is 2.00 bits per heavy atom. The Balaban J connectivity index is 2.27. The smallest absolute Gasteiger partial charge is 0.127 e. The zero-order chi connectivity index (χ0) is 15.4. The molecule has 0 saturated carbocycles. The molecule has 116 valence electrons. The minimum atomic E-state index is 0.502. The van der Waals surface area contributed by atoms with Gasteiger partial charge >= 0.3 is 0 Å². The Bertz CT molecular complexity index is 589. The standard InChI is InChI=1S/C17H27N3S/c1-6-7-18-14(8-11(2)3)9-15-16-12(4)13(5)21-17(16)20-10-19-15/h10-11,14,18H,6-9H2,1-5H3. The second-order valence-electron chi connectivity index (χ2n) is 6.27. The van der Waals surface area contributed by atoms with Gasteiger partial charge in [0.25, 0.3) is 0 Å². The molecule has 1 atom stereocenters. The Hall–Kier alpha value is -1.00. The van der Waals surface area contributed by atoms with Gasteiger partial charge < -0.3 is 5.32 Å². The van der Waals surface area contributed by atoms with Crippen molar-refractivity contribution in [2.24, 2.45) is 5.92 Å². The largest absolute Gasteiger partial charge is 0.314 e. The van der Waals surface area contributed by atoms with E-state index in [1.807, 2.05) is 0 Å². The molecule has 2 aromatic rings. The molecule has 0 bridgehead atoms. The summed E-state index contributed by atoms with van der Waals surface area (Å²) in [5, 5.41) is 4.97. The Labute approximate surface area is 132 Å². The van der Waals surface area contributed by atoms with Crippen LogP contribution in [0.3, 0.4) is 0 Å². The number of aromatic nitrogens is 2. The first kappa shape index (κ1) is 16.4. The van der Waals surface area contributed by atoms with Crippen molar-refractivity contribution in [2.75, 3.05) is 6.54 Å². The molecule has 4 heteroatoms. The predicted molar refractivity (Wildman–Crippen MR) is 92.1 cm³/mol. The molecule has 21 heavy (non-hydrogen) atoms. The molecule has 0 aromatic carbocycles. The molecule has 2 aromatic heterocycles. The summed E-state index contributed by atoms with van der Waals surface area (Å²) < 4.78 is 0. The highest BCUT2D eigenvalue weighted by Gasteiger charge is 2.17. The number of nitrogens with one attached hydrogen (secondary N) is 1. The molecule has 1 unspecified atom stereocenters. The average Bonchev–Trinajstić information content (AvgIpc) is 2.72. The van der Waals surface area contributed by atoms with Gasteiger partial charge in [-0.1, -0.05) is 20.8 Å². The van der Waals surface area contributed by atoms with Crippen LogP contribution in [0.4, 0.5) is 0 Å². The van der Waals surface area contributed by atoms with Crippen molar-refractivity contribution < 1.29 is 0 Å². The van der Waals surface area contributed by atoms with Gasteiger partial charge in [-0.3, -0.25) is 0 Å². The fourth-order valence-electron chi connectivity index (χ4n) is 2.80. The van der Waals surface area contributed by atoms with E-state index in [9.17, 15) is 0 Å². The lowest BCUT2D eigenvalue weighted by Crippen LogP contribution is -2.33. The zero-order valence-electron chi connectivity index (χ0n) is 13.9. The van der Waals surface area contributed by atoms with Crippen LogP contribution in [0.2, 0.25) is 0 Å². The van der Waals surface area contributed by atoms with Gasteiger partial charge in [0.15, 0.2) is 0 Å². The van der Waals surface area contributed by atoms with Crippen molar-refractivity contribution in [3.8, 4) is 0 Å². The van der Waals surface area contributed by atoms with Gasteiger partial charge in [-0.25, -0.2) is 9.97 Å². The highest BCUT2D eigenvalue weighted by Crippen LogP contribution is 2.30. The fraction of sp³-hybridized carbons (Fsp3) is 0.647. The maximum absolute atomic E-state index is 4.59. The van der Waals surface area contributed by atoms with Crippen molar-refractivity contribution in [2.45, 2.75) is 59.9 Å². The van der Waals surface area contributed by atoms with E-state index in [1.54, 1.807) is 17.7 Å². The molecule has 2 heterocycles. The molecule has 1 N–H and O–H groups in total. The summed E-state index contributed by atoms with van der Waals surface area (Å²) in [5.41, 5.74) is 2.56. The van der Waals surface area contributed by atoms with E-state index in [2.05, 4.69) is 49.9 Å². The van der Waals surface area contributed by atoms with Gasteiger partial charge in [0.1, 0.15) is 11.2 Å². The van der Waals surface area contributed by atoms with Crippen LogP contribution >= 0.6 is 11.3 Å². The summed E-state index contributed by atoms with van der Waals surface area (Å²) in [5.74, 6) is 0.696. The van der Waals surface area contributed by atoms with E-state index in [4.69, 9.17) is 0 Å². The first-order valence-corrected chi connectivity index (χ1v) is 8.77. The molecule has 0 spiro atoms. The highest BCUT2D eigenvalue weighted by atomic mass is 32.1. The minimum Gasteiger partial charge on any atom is -0.314 e. The molecule has 0 amide bonds. The van der Waals surface area contributed by atoms with Gasteiger partial charge in [-0.15, -0.1) is 11.3 Å². The first-order valence-electron chi connectivity index (χ1n) is 7.95. The third kappa shape index (κ3) is 4.01. The first-order chi connectivity index (χ1) is 10.0. The number of hydrogen-bond acceptors (Lipinski definition) is 4. The Kier molecular flexibility index (Phi) is 5.71. The van der Waals surface area contributed by atoms with Crippen molar-refractivity contribution >= 4 is 21.6 Å². The lowest BCUT2D eigenvalue weighted by molar-refractivity contribution is 0.414. The van der Waals surface area contributed by atoms with Crippen LogP contribution in [0.25, 0.3) is 10.2 Å². The molecule has 0 saturated heterocycles. The highest BCUT2D eigenvalue weighted by molar-refractivity contribution is 7.18. The van der Waals surface area contributed by atoms with Crippen LogP contribution in [0, 0.1) is 19.8 Å². The molecule has 0 aliphatic rings. The SMILES string of the molecule is CCCNC(Cc1ncnc2sc(C)c(C)c12)CC(C)C. The number of nitrogens with zero attached hydrogens (tertiary/aromatic N) is 2. The summed E-state index contributed by atoms with van der Waals surface area (Å²) in [6, 6.07) is 0.502. The number of rotatable bonds is 7. The minimum absolute atomic E-state index is 0.502. The third-order valence-electron chi connectivity index (χ3n) is 3.92. The molecule has 3 nitrogen and oxygen atoms in total. The Morgan fingerprint density at radius 1 is 1.24 bits per heavy atom. The summed E-state index contributed by atoms with van der Waals surface area (Å²) in [6.45, 7) is 12.2. The van der Waals surface area contributed by atoms with Crippen LogP contribution in [-0.2, 0) is 6.42 Å². The van der Waals surface area contributed by atoms with Crippen molar-refractivity contribution in [3.63, 3.8) is 0 Å². The second kappa shape index (κ2) is 7.32. The molecule has 0 aliphatic carbocycles. The predicted octanol–water partition coefficient (Wildman–Crippen LogP) is 4.26. The zero-order valence-corrected chi connectivity index (χ0v) is 14.7. The summed E-state index contributed by atoms with van der Waals surface area (Å²) in [4.78, 5) is 11.5. The molecular weight excluding hydrogens is 278 g/mol. The van der Waals surface area contributed by atoms with E-state index in [0.29, 0.717) is 12.0 Å². The Morgan fingerprint density at radius 3 is 2.67 bits per heavy atom. The maximum atomic E-state index is 4.59. The number of aryl methyl sites for hydroxylation is 2. The number of thiophene rings is 1. The van der Waals surface area contributed by atoms with Gasteiger partial charge in [0, 0.05) is 22.7 Å². The van der Waals surface area contributed by atoms with Crippen LogP contribution in [0.5, 0.6) is 0 Å². The van der Waals surface area contributed by atoms with Crippen LogP contribution in [0.15, 0.2) is 6.33 Å². The second-order valence-corrected chi connectivity index (χ2v) is 7.47. The quantitative estimate of drug-likeness (QED) is 0.830. The van der Waals surface area contributed by atoms with Crippen LogP contribution in [0.1, 0.15) is 49.7 Å². The summed E-state index contributed by atoms with van der Waals surface area (Å²) in [7, 11) is 0. The van der Waals surface area contributed by atoms with E-state index in [1.165, 1.54) is 34.4 Å².